The number of halogens is 2. The topological polar surface area (TPSA) is 82.5 Å². The van der Waals surface area contributed by atoms with Crippen LogP contribution in [0.15, 0.2) is 33.9 Å². The van der Waals surface area contributed by atoms with Crippen LogP contribution < -0.4 is 9.46 Å². The van der Waals surface area contributed by atoms with Crippen molar-refractivity contribution in [2.45, 2.75) is 30.4 Å². The largest absolute Gasteiger partial charge is 0.494 e. The first kappa shape index (κ1) is 18.5. The fourth-order valence-electron chi connectivity index (χ4n) is 2.66. The van der Waals surface area contributed by atoms with E-state index in [2.05, 4.69) is 25.8 Å². The number of benzene rings is 1. The van der Waals surface area contributed by atoms with E-state index >= 15 is 0 Å². The fraction of sp³-hybridized carbons (Fsp3) is 0.400. The summed E-state index contributed by atoms with van der Waals surface area (Å²) in [7, 11) is -2.49. The van der Waals surface area contributed by atoms with Crippen LogP contribution in [0.1, 0.15) is 12.8 Å². The maximum Gasteiger partial charge on any atom is 0.265 e. The average Bonchev–Trinajstić information content (AvgIpc) is 3.19. The van der Waals surface area contributed by atoms with Crippen LogP contribution in [0.2, 0.25) is 5.02 Å². The second kappa shape index (κ2) is 7.53. The van der Waals surface area contributed by atoms with Crippen molar-refractivity contribution >= 4 is 43.2 Å². The molecular weight excluding hydrogens is 434 g/mol. The zero-order valence-electron chi connectivity index (χ0n) is 13.4. The van der Waals surface area contributed by atoms with E-state index in [0.717, 1.165) is 19.4 Å². The summed E-state index contributed by atoms with van der Waals surface area (Å²) in [6.07, 6.45) is 5.22. The van der Waals surface area contributed by atoms with E-state index in [1.54, 1.807) is 16.9 Å². The van der Waals surface area contributed by atoms with E-state index in [1.807, 2.05) is 0 Å². The van der Waals surface area contributed by atoms with Gasteiger partial charge in [0.2, 0.25) is 0 Å². The van der Waals surface area contributed by atoms with Crippen molar-refractivity contribution in [3.63, 3.8) is 0 Å². The van der Waals surface area contributed by atoms with Crippen molar-refractivity contribution in [1.82, 2.24) is 9.78 Å². The molecule has 1 saturated heterocycles. The highest BCUT2D eigenvalue weighted by Gasteiger charge is 2.23. The van der Waals surface area contributed by atoms with Gasteiger partial charge in [-0.3, -0.25) is 9.40 Å². The number of sulfonamides is 1. The lowest BCUT2D eigenvalue weighted by atomic mass is 10.2. The molecule has 1 aromatic carbocycles. The highest BCUT2D eigenvalue weighted by Crippen LogP contribution is 2.36. The molecule has 10 heteroatoms. The van der Waals surface area contributed by atoms with E-state index in [9.17, 15) is 8.42 Å². The lowest BCUT2D eigenvalue weighted by Gasteiger charge is -2.12. The molecule has 1 aliphatic rings. The van der Waals surface area contributed by atoms with Crippen molar-refractivity contribution in [1.29, 1.82) is 0 Å². The van der Waals surface area contributed by atoms with Crippen LogP contribution in [0.3, 0.4) is 0 Å². The highest BCUT2D eigenvalue weighted by atomic mass is 79.9. The van der Waals surface area contributed by atoms with Crippen molar-refractivity contribution in [3.8, 4) is 5.75 Å². The van der Waals surface area contributed by atoms with Gasteiger partial charge in [0.1, 0.15) is 4.90 Å². The third kappa shape index (κ3) is 4.28. The van der Waals surface area contributed by atoms with E-state index in [4.69, 9.17) is 21.1 Å². The Morgan fingerprint density at radius 1 is 1.52 bits per heavy atom. The summed E-state index contributed by atoms with van der Waals surface area (Å²) in [4.78, 5) is -0.0544. The molecule has 0 amide bonds. The predicted octanol–water partition coefficient (Wildman–Crippen LogP) is 3.29. The van der Waals surface area contributed by atoms with Gasteiger partial charge in [-0.15, -0.1) is 0 Å². The lowest BCUT2D eigenvalue weighted by Crippen LogP contribution is -2.15. The van der Waals surface area contributed by atoms with Gasteiger partial charge < -0.3 is 9.47 Å². The Morgan fingerprint density at radius 2 is 2.32 bits per heavy atom. The molecule has 0 bridgehead atoms. The van der Waals surface area contributed by atoms with Crippen LogP contribution in [0.4, 0.5) is 5.69 Å². The van der Waals surface area contributed by atoms with Crippen LogP contribution in [-0.4, -0.2) is 38.0 Å². The molecule has 0 aliphatic carbocycles. The van der Waals surface area contributed by atoms with Crippen LogP contribution in [0.5, 0.6) is 5.75 Å². The van der Waals surface area contributed by atoms with E-state index in [1.165, 1.54) is 19.4 Å². The van der Waals surface area contributed by atoms with E-state index < -0.39 is 10.0 Å². The molecule has 0 saturated carbocycles. The lowest BCUT2D eigenvalue weighted by molar-refractivity contribution is 0.0940. The van der Waals surface area contributed by atoms with Crippen LogP contribution in [-0.2, 0) is 21.3 Å². The van der Waals surface area contributed by atoms with Crippen LogP contribution in [0, 0.1) is 0 Å². The summed E-state index contributed by atoms with van der Waals surface area (Å²) in [6.45, 7) is 1.35. The molecule has 3 rings (SSSR count). The van der Waals surface area contributed by atoms with Gasteiger partial charge >= 0.3 is 0 Å². The van der Waals surface area contributed by atoms with Crippen molar-refractivity contribution in [3.05, 3.63) is 34.0 Å². The summed E-state index contributed by atoms with van der Waals surface area (Å²) in [6, 6.07) is 2.91. The summed E-state index contributed by atoms with van der Waals surface area (Å²) in [5, 5.41) is 4.46. The normalized spacial score (nSPS) is 17.6. The number of nitrogens with one attached hydrogen (secondary N) is 1. The first-order valence-corrected chi connectivity index (χ1v) is 10.2. The molecule has 2 aromatic rings. The van der Waals surface area contributed by atoms with Crippen molar-refractivity contribution in [2.24, 2.45) is 0 Å². The van der Waals surface area contributed by atoms with E-state index in [-0.39, 0.29) is 21.8 Å². The Labute approximate surface area is 159 Å². The number of methoxy groups -OCH3 is 1. The Balaban J connectivity index is 1.81. The first-order valence-electron chi connectivity index (χ1n) is 7.59. The van der Waals surface area contributed by atoms with Crippen LogP contribution in [0.25, 0.3) is 0 Å². The molecule has 1 unspecified atom stereocenters. The zero-order valence-corrected chi connectivity index (χ0v) is 16.6. The average molecular weight is 451 g/mol. The molecule has 7 nitrogen and oxygen atoms in total. The maximum absolute atomic E-state index is 12.7. The van der Waals surface area contributed by atoms with Gasteiger partial charge in [0.15, 0.2) is 5.75 Å². The molecule has 1 N–H and O–H groups in total. The summed E-state index contributed by atoms with van der Waals surface area (Å²) >= 11 is 9.24. The van der Waals surface area contributed by atoms with Gasteiger partial charge in [0, 0.05) is 17.8 Å². The van der Waals surface area contributed by atoms with Crippen LogP contribution >= 0.6 is 27.5 Å². The minimum Gasteiger partial charge on any atom is -0.494 e. The fourth-order valence-corrected chi connectivity index (χ4v) is 5.07. The first-order chi connectivity index (χ1) is 11.9. The summed E-state index contributed by atoms with van der Waals surface area (Å²) < 4.78 is 40.8. The van der Waals surface area contributed by atoms with E-state index in [0.29, 0.717) is 16.7 Å². The molecule has 1 atom stereocenters. The van der Waals surface area contributed by atoms with Gasteiger partial charge in [-0.25, -0.2) is 8.42 Å². The number of aromatic nitrogens is 2. The van der Waals surface area contributed by atoms with Gasteiger partial charge in [0.25, 0.3) is 10.0 Å². The number of hydrogen-bond donors (Lipinski definition) is 1. The molecule has 0 radical (unpaired) electrons. The molecule has 2 heterocycles. The number of rotatable bonds is 6. The predicted molar refractivity (Wildman–Crippen MR) is 97.7 cm³/mol. The Bertz CT molecular complexity index is 866. The van der Waals surface area contributed by atoms with Crippen molar-refractivity contribution in [2.75, 3.05) is 18.4 Å². The molecule has 0 spiro atoms. The van der Waals surface area contributed by atoms with Gasteiger partial charge in [-0.05, 0) is 40.9 Å². The third-order valence-electron chi connectivity index (χ3n) is 3.77. The summed E-state index contributed by atoms with van der Waals surface area (Å²) in [5.41, 5.74) is 0.358. The standard InChI is InChI=1S/C15H17BrClN3O4S/c1-23-15-13(16)5-10(17)6-14(15)25(21,22)19-11-7-18-20(8-11)9-12-3-2-4-24-12/h5-8,12,19H,2-4,9H2,1H3. The Hall–Kier alpha value is -1.29. The highest BCUT2D eigenvalue weighted by molar-refractivity contribution is 9.10. The molecule has 1 fully saturated rings. The molecule has 136 valence electrons. The number of anilines is 1. The SMILES string of the molecule is COc1c(Br)cc(Cl)cc1S(=O)(=O)Nc1cnn(CC2CCCO2)c1. The second-order valence-corrected chi connectivity index (χ2v) is 8.55. The second-order valence-electron chi connectivity index (χ2n) is 5.61. The zero-order chi connectivity index (χ0) is 18.0. The molecule has 25 heavy (non-hydrogen) atoms. The number of hydrogen-bond acceptors (Lipinski definition) is 5. The summed E-state index contributed by atoms with van der Waals surface area (Å²) in [5.74, 6) is 0.184. The molecule has 1 aromatic heterocycles. The van der Waals surface area contributed by atoms with Gasteiger partial charge in [-0.1, -0.05) is 11.6 Å². The monoisotopic (exact) mass is 449 g/mol. The Kier molecular flexibility index (Phi) is 5.57. The quantitative estimate of drug-likeness (QED) is 0.730. The maximum atomic E-state index is 12.7. The third-order valence-corrected chi connectivity index (χ3v) is 5.96. The molecular formula is C15H17BrClN3O4S. The minimum absolute atomic E-state index is 0.0544. The van der Waals surface area contributed by atoms with Crippen molar-refractivity contribution < 1.29 is 17.9 Å². The minimum atomic E-state index is -3.89. The smallest absolute Gasteiger partial charge is 0.265 e. The van der Waals surface area contributed by atoms with Gasteiger partial charge in [-0.2, -0.15) is 5.10 Å². The Morgan fingerprint density at radius 3 is 3.00 bits per heavy atom. The molecule has 1 aliphatic heterocycles. The number of ether oxygens (including phenoxy) is 2. The number of nitrogens with zero attached hydrogens (tertiary/aromatic N) is 2. The van der Waals surface area contributed by atoms with Gasteiger partial charge in [0.05, 0.1) is 36.1 Å².